The Kier molecular flexibility index (Phi) is 4.82. The summed E-state index contributed by atoms with van der Waals surface area (Å²) in [5.74, 6) is 0.515. The monoisotopic (exact) mass is 363 g/mol. The number of hydrogen-bond donors (Lipinski definition) is 2. The number of carbonyl (C=O) groups excluding carboxylic acids is 1. The summed E-state index contributed by atoms with van der Waals surface area (Å²) in [5, 5.41) is 8.79. The molecule has 24 heavy (non-hydrogen) atoms. The van der Waals surface area contributed by atoms with Gasteiger partial charge in [-0.2, -0.15) is 0 Å². The number of aryl methyl sites for hydroxylation is 1. The summed E-state index contributed by atoms with van der Waals surface area (Å²) < 4.78 is 5.40. The van der Waals surface area contributed by atoms with E-state index in [4.69, 9.17) is 4.74 Å². The number of anilines is 1. The fourth-order valence-electron chi connectivity index (χ4n) is 3.44. The van der Waals surface area contributed by atoms with Crippen LogP contribution in [0.5, 0.6) is 0 Å². The number of fused-ring (bicyclic) bond motifs is 1. The number of rotatable bonds is 3. The van der Waals surface area contributed by atoms with E-state index in [9.17, 15) is 4.79 Å². The lowest BCUT2D eigenvalue weighted by atomic mass is 9.94. The van der Waals surface area contributed by atoms with Gasteiger partial charge in [0.15, 0.2) is 5.13 Å². The molecule has 0 aromatic carbocycles. The number of nitrogens with zero attached hydrogens (tertiary/aromatic N) is 1. The predicted molar refractivity (Wildman–Crippen MR) is 97.1 cm³/mol. The lowest BCUT2D eigenvalue weighted by Gasteiger charge is -2.23. The minimum Gasteiger partial charge on any atom is -0.381 e. The third-order valence-corrected chi connectivity index (χ3v) is 6.80. The van der Waals surface area contributed by atoms with Crippen molar-refractivity contribution in [2.75, 3.05) is 18.5 Å². The van der Waals surface area contributed by atoms with Gasteiger partial charge in [-0.25, -0.2) is 9.78 Å². The Morgan fingerprint density at radius 3 is 3.04 bits per heavy atom. The summed E-state index contributed by atoms with van der Waals surface area (Å²) >= 11 is 3.37. The number of carbonyl (C=O) groups is 1. The molecule has 2 aromatic rings. The van der Waals surface area contributed by atoms with Gasteiger partial charge >= 0.3 is 6.03 Å². The number of thiophene rings is 1. The van der Waals surface area contributed by atoms with Gasteiger partial charge in [-0.1, -0.05) is 0 Å². The molecule has 2 N–H and O–H groups in total. The molecule has 2 aromatic heterocycles. The van der Waals surface area contributed by atoms with Crippen molar-refractivity contribution in [1.29, 1.82) is 0 Å². The molecule has 1 saturated heterocycles. The summed E-state index contributed by atoms with van der Waals surface area (Å²) in [6.07, 6.45) is 7.24. The Balaban J connectivity index is 1.36. The molecule has 0 radical (unpaired) electrons. The number of amides is 2. The summed E-state index contributed by atoms with van der Waals surface area (Å²) in [7, 11) is 0. The molecule has 1 aliphatic carbocycles. The second kappa shape index (κ2) is 7.21. The zero-order valence-electron chi connectivity index (χ0n) is 13.4. The number of thiazole rings is 1. The van der Waals surface area contributed by atoms with E-state index >= 15 is 0 Å². The average molecular weight is 364 g/mol. The highest BCUT2D eigenvalue weighted by Gasteiger charge is 2.23. The number of aromatic nitrogens is 1. The molecule has 1 unspecified atom stereocenters. The summed E-state index contributed by atoms with van der Waals surface area (Å²) in [5.41, 5.74) is 1.28. The first kappa shape index (κ1) is 16.1. The highest BCUT2D eigenvalue weighted by molar-refractivity contribution is 7.15. The van der Waals surface area contributed by atoms with Crippen molar-refractivity contribution in [2.24, 2.45) is 0 Å². The fourth-order valence-corrected chi connectivity index (χ4v) is 5.41. The molecule has 4 rings (SSSR count). The van der Waals surface area contributed by atoms with Crippen molar-refractivity contribution >= 4 is 33.8 Å². The first-order valence-corrected chi connectivity index (χ1v) is 10.2. The molecular formula is C17H21N3O2S2. The van der Waals surface area contributed by atoms with Gasteiger partial charge in [0.05, 0.1) is 6.04 Å². The topological polar surface area (TPSA) is 63.2 Å². The van der Waals surface area contributed by atoms with Crippen LogP contribution in [0.3, 0.4) is 0 Å². The van der Waals surface area contributed by atoms with E-state index in [2.05, 4.69) is 27.1 Å². The van der Waals surface area contributed by atoms with Crippen LogP contribution in [0.4, 0.5) is 9.93 Å². The van der Waals surface area contributed by atoms with Gasteiger partial charge in [-0.15, -0.1) is 22.7 Å². The minimum absolute atomic E-state index is 0.120. The Labute approximate surface area is 149 Å². The summed E-state index contributed by atoms with van der Waals surface area (Å²) in [6.45, 7) is 1.63. The standard InChI is InChI=1S/C17H21N3O2S2/c21-16(19-13-2-1-3-14-12(13)6-9-23-14)20-17-18-10-15(24-17)11-4-7-22-8-5-11/h6,9-11,13H,1-5,7-8H2,(H2,18,19,20,21). The zero-order valence-corrected chi connectivity index (χ0v) is 15.0. The predicted octanol–water partition coefficient (Wildman–Crippen LogP) is 4.30. The van der Waals surface area contributed by atoms with E-state index in [1.807, 2.05) is 6.20 Å². The van der Waals surface area contributed by atoms with Crippen molar-refractivity contribution in [2.45, 2.75) is 44.1 Å². The molecule has 3 heterocycles. The average Bonchev–Trinajstić information content (AvgIpc) is 3.25. The van der Waals surface area contributed by atoms with Gasteiger partial charge in [0.25, 0.3) is 0 Å². The van der Waals surface area contributed by atoms with Crippen LogP contribution < -0.4 is 10.6 Å². The molecule has 1 atom stereocenters. The van der Waals surface area contributed by atoms with Crippen molar-refractivity contribution < 1.29 is 9.53 Å². The van der Waals surface area contributed by atoms with Crippen LogP contribution in [-0.4, -0.2) is 24.2 Å². The van der Waals surface area contributed by atoms with Crippen LogP contribution in [0.2, 0.25) is 0 Å². The van der Waals surface area contributed by atoms with Crippen LogP contribution in [0, 0.1) is 0 Å². The number of nitrogens with one attached hydrogen (secondary N) is 2. The van der Waals surface area contributed by atoms with Gasteiger partial charge in [-0.05, 0) is 55.0 Å². The Bertz CT molecular complexity index is 706. The van der Waals surface area contributed by atoms with E-state index in [-0.39, 0.29) is 12.1 Å². The largest absolute Gasteiger partial charge is 0.381 e. The van der Waals surface area contributed by atoms with Crippen LogP contribution in [0.25, 0.3) is 0 Å². The van der Waals surface area contributed by atoms with Crippen molar-refractivity contribution in [3.63, 3.8) is 0 Å². The van der Waals surface area contributed by atoms with Crippen LogP contribution in [0.15, 0.2) is 17.6 Å². The van der Waals surface area contributed by atoms with E-state index < -0.39 is 0 Å². The highest BCUT2D eigenvalue weighted by Crippen LogP contribution is 2.34. The van der Waals surface area contributed by atoms with E-state index in [0.717, 1.165) is 45.3 Å². The van der Waals surface area contributed by atoms with Gasteiger partial charge in [0, 0.05) is 29.2 Å². The van der Waals surface area contributed by atoms with E-state index in [1.165, 1.54) is 15.3 Å². The Morgan fingerprint density at radius 1 is 1.29 bits per heavy atom. The van der Waals surface area contributed by atoms with E-state index in [1.54, 1.807) is 22.7 Å². The molecule has 7 heteroatoms. The summed E-state index contributed by atoms with van der Waals surface area (Å²) in [4.78, 5) is 19.3. The van der Waals surface area contributed by atoms with Gasteiger partial charge in [-0.3, -0.25) is 5.32 Å². The maximum atomic E-state index is 12.3. The minimum atomic E-state index is -0.160. The Hall–Kier alpha value is -1.44. The number of ether oxygens (including phenoxy) is 1. The second-order valence-electron chi connectivity index (χ2n) is 6.30. The lowest BCUT2D eigenvalue weighted by Crippen LogP contribution is -2.33. The highest BCUT2D eigenvalue weighted by atomic mass is 32.1. The number of urea groups is 1. The second-order valence-corrected chi connectivity index (χ2v) is 8.36. The van der Waals surface area contributed by atoms with Crippen LogP contribution in [0.1, 0.15) is 53.0 Å². The van der Waals surface area contributed by atoms with Gasteiger partial charge < -0.3 is 10.1 Å². The smallest absolute Gasteiger partial charge is 0.321 e. The normalized spacial score (nSPS) is 21.2. The lowest BCUT2D eigenvalue weighted by molar-refractivity contribution is 0.0860. The molecule has 0 spiro atoms. The molecule has 5 nitrogen and oxygen atoms in total. The third-order valence-electron chi connectivity index (χ3n) is 4.72. The molecule has 1 fully saturated rings. The molecule has 2 aliphatic rings. The fraction of sp³-hybridized carbons (Fsp3) is 0.529. The SMILES string of the molecule is O=C(Nc1ncc(C2CCOCC2)s1)NC1CCCc2sccc21. The van der Waals surface area contributed by atoms with Crippen molar-refractivity contribution in [1.82, 2.24) is 10.3 Å². The quantitative estimate of drug-likeness (QED) is 0.855. The third kappa shape index (κ3) is 3.48. The molecule has 128 valence electrons. The zero-order chi connectivity index (χ0) is 16.4. The molecular weight excluding hydrogens is 342 g/mol. The number of hydrogen-bond acceptors (Lipinski definition) is 5. The van der Waals surface area contributed by atoms with E-state index in [0.29, 0.717) is 11.0 Å². The maximum Gasteiger partial charge on any atom is 0.321 e. The first-order chi connectivity index (χ1) is 11.8. The molecule has 0 saturated carbocycles. The first-order valence-electron chi connectivity index (χ1n) is 8.47. The molecule has 1 aliphatic heterocycles. The van der Waals surface area contributed by atoms with Crippen LogP contribution >= 0.6 is 22.7 Å². The van der Waals surface area contributed by atoms with Gasteiger partial charge in [0.2, 0.25) is 0 Å². The van der Waals surface area contributed by atoms with Crippen LogP contribution in [-0.2, 0) is 11.2 Å². The maximum absolute atomic E-state index is 12.3. The Morgan fingerprint density at radius 2 is 2.17 bits per heavy atom. The molecule has 2 amide bonds. The summed E-state index contributed by atoms with van der Waals surface area (Å²) in [6, 6.07) is 2.10. The molecule has 0 bridgehead atoms. The van der Waals surface area contributed by atoms with Crippen molar-refractivity contribution in [3.05, 3.63) is 33.0 Å². The van der Waals surface area contributed by atoms with Crippen molar-refractivity contribution in [3.8, 4) is 0 Å². The van der Waals surface area contributed by atoms with Gasteiger partial charge in [0.1, 0.15) is 0 Å².